The second-order valence-electron chi connectivity index (χ2n) is 11.2. The maximum atomic E-state index is 12.1. The van der Waals surface area contributed by atoms with Gasteiger partial charge in [-0.2, -0.15) is 0 Å². The van der Waals surface area contributed by atoms with E-state index in [0.29, 0.717) is 43.2 Å². The van der Waals surface area contributed by atoms with Crippen LogP contribution in [0.3, 0.4) is 0 Å². The van der Waals surface area contributed by atoms with Gasteiger partial charge in [0.05, 0.1) is 26.4 Å². The molecule has 0 radical (unpaired) electrons. The van der Waals surface area contributed by atoms with Crippen molar-refractivity contribution in [1.29, 1.82) is 0 Å². The van der Waals surface area contributed by atoms with E-state index in [1.165, 1.54) is 0 Å². The highest BCUT2D eigenvalue weighted by atomic mass is 33.2. The molecule has 362 valence electrons. The predicted molar refractivity (Wildman–Crippen MR) is 243 cm³/mol. The number of hydrogen-bond donors (Lipinski definition) is 4. The molecule has 0 saturated heterocycles. The normalized spacial score (nSPS) is 12.9. The van der Waals surface area contributed by atoms with Crippen LogP contribution in [0.25, 0.3) is 0 Å². The van der Waals surface area contributed by atoms with E-state index >= 15 is 0 Å². The molecule has 0 aliphatic heterocycles. The van der Waals surface area contributed by atoms with Gasteiger partial charge in [-0.1, -0.05) is 21.6 Å². The molecule has 0 bridgehead atoms. The molecule has 0 fully saturated rings. The van der Waals surface area contributed by atoms with Gasteiger partial charge < -0.3 is 54.4 Å². The first kappa shape index (κ1) is 62.3. The highest BCUT2D eigenvalue weighted by Gasteiger charge is 2.18. The van der Waals surface area contributed by atoms with Crippen molar-refractivity contribution in [2.24, 2.45) is 0 Å². The molecule has 61 heavy (non-hydrogen) atoms. The minimum Gasteiger partial charge on any atom is -0.422 e. The van der Waals surface area contributed by atoms with Gasteiger partial charge in [-0.05, 0) is 55.7 Å². The second kappa shape index (κ2) is 36.4. The summed E-state index contributed by atoms with van der Waals surface area (Å²) in [6.45, 7) is -3.17. The van der Waals surface area contributed by atoms with Gasteiger partial charge in [-0.3, -0.25) is 9.59 Å². The summed E-state index contributed by atoms with van der Waals surface area (Å²) in [6, 6.07) is 0. The summed E-state index contributed by atoms with van der Waals surface area (Å²) in [7, 11) is -7.07. The van der Waals surface area contributed by atoms with Gasteiger partial charge in [0.1, 0.15) is 25.4 Å². The Morgan fingerprint density at radius 1 is 0.459 bits per heavy atom. The van der Waals surface area contributed by atoms with Crippen LogP contribution in [0, 0.1) is 0 Å². The standard InChI is InChI=1S/C26H50N4O19S8.C2H6S2/c1-54(35,36)50-9-5-27-23(31)17-44-15-21(46-19-48-25(33)29-7-11-52-56(3,39)40)13-43-14-22(16-45-18-24(32)28-6-10-51-55(2,37)38)47-20-49-26(34)30-8-12-53-57(4,41)42;1-3-4-2/h21-22H,5-20H2,1-4H3,(H,27,31)(H,28,32)(H,29,33)(H,30,34);1-2H3. The summed E-state index contributed by atoms with van der Waals surface area (Å²) in [5.74, 6) is -0.771. The van der Waals surface area contributed by atoms with Crippen molar-refractivity contribution in [2.45, 2.75) is 12.2 Å². The largest absolute Gasteiger partial charge is 0.422 e. The molecule has 0 spiro atoms. The first-order chi connectivity index (χ1) is 28.4. The van der Waals surface area contributed by atoms with E-state index in [-0.39, 0.29) is 75.6 Å². The van der Waals surface area contributed by atoms with Gasteiger partial charge in [-0.25, -0.2) is 43.3 Å². The van der Waals surface area contributed by atoms with Crippen LogP contribution in [0.15, 0.2) is 0 Å². The molecule has 0 aliphatic carbocycles. The van der Waals surface area contributed by atoms with Crippen molar-refractivity contribution >= 4 is 124 Å². The Balaban J connectivity index is 0. The van der Waals surface area contributed by atoms with E-state index < -0.39 is 98.5 Å². The van der Waals surface area contributed by atoms with Gasteiger partial charge in [-0.15, -0.1) is 0 Å². The Hall–Kier alpha value is -0.820. The van der Waals surface area contributed by atoms with Crippen LogP contribution in [0.5, 0.6) is 0 Å². The van der Waals surface area contributed by atoms with Gasteiger partial charge in [0.2, 0.25) is 11.8 Å². The third-order valence-electron chi connectivity index (χ3n) is 5.62. The van der Waals surface area contributed by atoms with Crippen molar-refractivity contribution < 1.29 is 86.0 Å². The lowest BCUT2D eigenvalue weighted by Crippen LogP contribution is -2.36. The number of carbonyl (C=O) groups excluding carboxylic acids is 4. The zero-order valence-electron chi connectivity index (χ0n) is 34.3. The fourth-order valence-electron chi connectivity index (χ4n) is 3.22. The van der Waals surface area contributed by atoms with Crippen molar-refractivity contribution in [3.8, 4) is 0 Å². The van der Waals surface area contributed by atoms with Crippen LogP contribution in [-0.2, 0) is 78.2 Å². The lowest BCUT2D eigenvalue weighted by atomic mass is 10.3. The summed E-state index contributed by atoms with van der Waals surface area (Å²) in [4.78, 5) is 48.2. The summed E-state index contributed by atoms with van der Waals surface area (Å²) >= 11 is 0. The highest BCUT2D eigenvalue weighted by Crippen LogP contribution is 2.10. The fraction of sp³-hybridized carbons (Fsp3) is 0.857. The van der Waals surface area contributed by atoms with E-state index in [2.05, 4.69) is 33.8 Å². The van der Waals surface area contributed by atoms with E-state index in [9.17, 15) is 52.8 Å². The van der Waals surface area contributed by atoms with Crippen LogP contribution >= 0.6 is 64.8 Å². The van der Waals surface area contributed by atoms with Crippen LogP contribution in [0.4, 0.5) is 9.59 Å². The third kappa shape index (κ3) is 50.0. The Bertz CT molecular complexity index is 1460. The molecular formula is C28H56N4O19S10. The van der Waals surface area contributed by atoms with E-state index in [0.717, 1.165) is 25.0 Å². The molecule has 4 amide bonds. The molecule has 2 atom stereocenters. The Kier molecular flexibility index (Phi) is 37.2. The smallest absolute Gasteiger partial charge is 0.409 e. The van der Waals surface area contributed by atoms with Gasteiger partial charge in [0.25, 0.3) is 0 Å². The maximum absolute atomic E-state index is 12.1. The number of rotatable bonds is 35. The molecule has 2 unspecified atom stereocenters. The molecule has 33 heteroatoms. The van der Waals surface area contributed by atoms with Crippen LogP contribution < -0.4 is 21.3 Å². The summed E-state index contributed by atoms with van der Waals surface area (Å²) in [5, 5.41) is 9.66. The first-order valence-corrected chi connectivity index (χ1v) is 33.6. The monoisotopic (exact) mass is 1070 g/mol. The summed E-state index contributed by atoms with van der Waals surface area (Å²) < 4.78 is 127. The van der Waals surface area contributed by atoms with E-state index in [1.54, 1.807) is 21.6 Å². The lowest BCUT2D eigenvalue weighted by Gasteiger charge is -2.21. The second-order valence-corrected chi connectivity index (χ2v) is 32.2. The molecule has 0 aliphatic rings. The quantitative estimate of drug-likeness (QED) is 0.0363. The lowest BCUT2D eigenvalue weighted by molar-refractivity contribution is -0.144. The summed E-state index contributed by atoms with van der Waals surface area (Å²) in [6.07, 6.45) is 4.44. The van der Waals surface area contributed by atoms with Crippen molar-refractivity contribution in [3.63, 3.8) is 0 Å². The Labute approximate surface area is 380 Å². The average molecular weight is 1070 g/mol. The topological polar surface area (TPSA) is 318 Å². The summed E-state index contributed by atoms with van der Waals surface area (Å²) in [5.41, 5.74) is 0. The number of hydrogen-bond acceptors (Lipinski definition) is 25. The SMILES string of the molecule is CS(=O)(=O)SCCNC(=O)COCC(COCC(COCC(=O)NCCSS(C)(=O)=O)OCOC(=O)NCCSS(C)(=O)=O)OCOC(=O)NCCSS(C)(=O)=O.CSSC. The number of ether oxygens (including phenoxy) is 7. The third-order valence-corrected chi connectivity index (χ3v) is 17.3. The van der Waals surface area contributed by atoms with Crippen molar-refractivity contribution in [3.05, 3.63) is 0 Å². The number of carbonyl (C=O) groups is 4. The minimum atomic E-state index is -3.31. The fourth-order valence-corrected chi connectivity index (χ4v) is 9.80. The molecule has 0 aromatic rings. The number of alkyl carbamates (subject to hydrolysis) is 2. The van der Waals surface area contributed by atoms with Crippen molar-refractivity contribution in [1.82, 2.24) is 21.3 Å². The first-order valence-electron chi connectivity index (χ1n) is 17.1. The molecule has 0 aromatic heterocycles. The van der Waals surface area contributed by atoms with Crippen LogP contribution in [-0.4, -0.2) is 210 Å². The predicted octanol–water partition coefficient (Wildman–Crippen LogP) is -0.195. The molecule has 0 saturated carbocycles. The zero-order chi connectivity index (χ0) is 46.8. The number of amides is 4. The van der Waals surface area contributed by atoms with Crippen LogP contribution in [0.2, 0.25) is 0 Å². The molecule has 4 N–H and O–H groups in total. The van der Waals surface area contributed by atoms with Crippen molar-refractivity contribution in [2.75, 3.05) is 140 Å². The number of nitrogens with one attached hydrogen (secondary N) is 4. The molecule has 0 heterocycles. The van der Waals surface area contributed by atoms with Crippen LogP contribution in [0.1, 0.15) is 0 Å². The van der Waals surface area contributed by atoms with Gasteiger partial charge in [0.15, 0.2) is 49.1 Å². The minimum absolute atomic E-state index is 0.0228. The Morgan fingerprint density at radius 2 is 0.738 bits per heavy atom. The molecule has 23 nitrogen and oxygen atoms in total. The maximum Gasteiger partial charge on any atom is 0.409 e. The highest BCUT2D eigenvalue weighted by molar-refractivity contribution is 8.76. The van der Waals surface area contributed by atoms with Gasteiger partial charge in [0, 0.05) is 74.2 Å². The zero-order valence-corrected chi connectivity index (χ0v) is 42.5. The van der Waals surface area contributed by atoms with Gasteiger partial charge >= 0.3 is 12.2 Å². The molecule has 0 aromatic carbocycles. The van der Waals surface area contributed by atoms with E-state index in [1.807, 2.05) is 0 Å². The molecular weight excluding hydrogens is 1020 g/mol. The Morgan fingerprint density at radius 3 is 1.02 bits per heavy atom. The average Bonchev–Trinajstić information content (AvgIpc) is 3.13. The molecule has 0 rings (SSSR count). The van der Waals surface area contributed by atoms with E-state index in [4.69, 9.17) is 33.2 Å².